The topological polar surface area (TPSA) is 64.8 Å². The minimum atomic E-state index is -0.466. The van der Waals surface area contributed by atoms with Crippen molar-refractivity contribution >= 4 is 6.09 Å². The van der Waals surface area contributed by atoms with E-state index in [1.54, 1.807) is 12.0 Å². The van der Waals surface area contributed by atoms with Crippen LogP contribution in [0.15, 0.2) is 0 Å². The van der Waals surface area contributed by atoms with E-state index < -0.39 is 5.60 Å². The Labute approximate surface area is 103 Å². The third-order valence-corrected chi connectivity index (χ3v) is 3.04. The highest BCUT2D eigenvalue weighted by molar-refractivity contribution is 5.68. The maximum absolute atomic E-state index is 11.9. The molecule has 1 aliphatic rings. The van der Waals surface area contributed by atoms with Crippen molar-refractivity contribution < 1.29 is 14.3 Å². The Balaban J connectivity index is 2.57. The van der Waals surface area contributed by atoms with Crippen LogP contribution in [0, 0.1) is 5.92 Å². The highest BCUT2D eigenvalue weighted by atomic mass is 16.6. The Bertz CT molecular complexity index is 275. The van der Waals surface area contributed by atoms with E-state index >= 15 is 0 Å². The Morgan fingerprint density at radius 2 is 2.00 bits per heavy atom. The van der Waals surface area contributed by atoms with E-state index in [-0.39, 0.29) is 24.2 Å². The van der Waals surface area contributed by atoms with Crippen LogP contribution < -0.4 is 5.73 Å². The molecule has 3 unspecified atom stereocenters. The Kier molecular flexibility index (Phi) is 4.38. The van der Waals surface area contributed by atoms with Crippen LogP contribution in [-0.4, -0.2) is 48.9 Å². The lowest BCUT2D eigenvalue weighted by atomic mass is 9.99. The second kappa shape index (κ2) is 5.23. The zero-order valence-electron chi connectivity index (χ0n) is 11.4. The van der Waals surface area contributed by atoms with Crippen molar-refractivity contribution in [3.8, 4) is 0 Å². The Hall–Kier alpha value is -0.810. The smallest absolute Gasteiger partial charge is 0.410 e. The molecule has 100 valence electrons. The molecule has 0 aromatic carbocycles. The summed E-state index contributed by atoms with van der Waals surface area (Å²) >= 11 is 0. The van der Waals surface area contributed by atoms with E-state index in [1.165, 1.54) is 0 Å². The SMILES string of the molecule is COC(C)C1CN(C(=O)OC(C)(C)C)CC1N. The first-order valence-electron chi connectivity index (χ1n) is 6.01. The normalized spacial score (nSPS) is 27.1. The van der Waals surface area contributed by atoms with Gasteiger partial charge in [0.25, 0.3) is 0 Å². The van der Waals surface area contributed by atoms with E-state index in [1.807, 2.05) is 27.7 Å². The molecule has 0 bridgehead atoms. The maximum atomic E-state index is 11.9. The molecular formula is C12H24N2O3. The minimum Gasteiger partial charge on any atom is -0.444 e. The van der Waals surface area contributed by atoms with Gasteiger partial charge in [-0.15, -0.1) is 0 Å². The zero-order valence-corrected chi connectivity index (χ0v) is 11.4. The van der Waals surface area contributed by atoms with Gasteiger partial charge in [-0.05, 0) is 27.7 Å². The van der Waals surface area contributed by atoms with Gasteiger partial charge < -0.3 is 20.1 Å². The fourth-order valence-electron chi connectivity index (χ4n) is 2.00. The van der Waals surface area contributed by atoms with Crippen molar-refractivity contribution in [3.63, 3.8) is 0 Å². The minimum absolute atomic E-state index is 0.0440. The lowest BCUT2D eigenvalue weighted by Crippen LogP contribution is -2.37. The summed E-state index contributed by atoms with van der Waals surface area (Å²) in [4.78, 5) is 13.5. The van der Waals surface area contributed by atoms with E-state index in [9.17, 15) is 4.79 Å². The highest BCUT2D eigenvalue weighted by Gasteiger charge is 2.37. The Morgan fingerprint density at radius 1 is 1.41 bits per heavy atom. The van der Waals surface area contributed by atoms with Crippen LogP contribution in [0.2, 0.25) is 0 Å². The highest BCUT2D eigenvalue weighted by Crippen LogP contribution is 2.22. The van der Waals surface area contributed by atoms with Crippen LogP contribution in [0.25, 0.3) is 0 Å². The molecule has 1 rings (SSSR count). The van der Waals surface area contributed by atoms with Gasteiger partial charge in [0.15, 0.2) is 0 Å². The van der Waals surface area contributed by atoms with E-state index in [0.29, 0.717) is 13.1 Å². The van der Waals surface area contributed by atoms with Crippen molar-refractivity contribution in [1.82, 2.24) is 4.90 Å². The van der Waals surface area contributed by atoms with E-state index in [2.05, 4.69) is 0 Å². The molecule has 3 atom stereocenters. The molecule has 0 spiro atoms. The van der Waals surface area contributed by atoms with Crippen LogP contribution >= 0.6 is 0 Å². The molecule has 0 radical (unpaired) electrons. The van der Waals surface area contributed by atoms with Crippen molar-refractivity contribution in [1.29, 1.82) is 0 Å². The first-order chi connectivity index (χ1) is 7.74. The summed E-state index contributed by atoms with van der Waals surface area (Å²) in [5.41, 5.74) is 5.55. The van der Waals surface area contributed by atoms with Gasteiger partial charge in [0.2, 0.25) is 0 Å². The predicted octanol–water partition coefficient (Wildman–Crippen LogP) is 1.22. The fraction of sp³-hybridized carbons (Fsp3) is 0.917. The molecule has 17 heavy (non-hydrogen) atoms. The number of hydrogen-bond donors (Lipinski definition) is 1. The number of carbonyl (C=O) groups is 1. The summed E-state index contributed by atoms with van der Waals surface area (Å²) in [6, 6.07) is -0.0440. The van der Waals surface area contributed by atoms with Crippen LogP contribution in [0.3, 0.4) is 0 Å². The summed E-state index contributed by atoms with van der Waals surface area (Å²) < 4.78 is 10.6. The molecule has 1 saturated heterocycles. The molecule has 1 fully saturated rings. The molecule has 0 saturated carbocycles. The number of nitrogens with two attached hydrogens (primary N) is 1. The quantitative estimate of drug-likeness (QED) is 0.793. The van der Waals surface area contributed by atoms with Crippen molar-refractivity contribution in [2.75, 3.05) is 20.2 Å². The molecule has 0 aliphatic carbocycles. The summed E-state index contributed by atoms with van der Waals surface area (Å²) in [6.45, 7) is 8.68. The molecule has 2 N–H and O–H groups in total. The molecule has 1 heterocycles. The number of hydrogen-bond acceptors (Lipinski definition) is 4. The van der Waals surface area contributed by atoms with E-state index in [4.69, 9.17) is 15.2 Å². The van der Waals surface area contributed by atoms with Gasteiger partial charge >= 0.3 is 6.09 Å². The second-order valence-corrected chi connectivity index (χ2v) is 5.65. The summed E-state index contributed by atoms with van der Waals surface area (Å²) in [5, 5.41) is 0. The maximum Gasteiger partial charge on any atom is 0.410 e. The Morgan fingerprint density at radius 3 is 2.47 bits per heavy atom. The van der Waals surface area contributed by atoms with Crippen LogP contribution in [0.1, 0.15) is 27.7 Å². The first kappa shape index (κ1) is 14.3. The van der Waals surface area contributed by atoms with Crippen LogP contribution in [-0.2, 0) is 9.47 Å². The summed E-state index contributed by atoms with van der Waals surface area (Å²) in [6.07, 6.45) is -0.240. The second-order valence-electron chi connectivity index (χ2n) is 5.65. The van der Waals surface area contributed by atoms with Crippen molar-refractivity contribution in [3.05, 3.63) is 0 Å². The predicted molar refractivity (Wildman–Crippen MR) is 65.7 cm³/mol. The third kappa shape index (κ3) is 3.85. The van der Waals surface area contributed by atoms with Crippen LogP contribution in [0.5, 0.6) is 0 Å². The van der Waals surface area contributed by atoms with Gasteiger partial charge in [-0.3, -0.25) is 0 Å². The van der Waals surface area contributed by atoms with Gasteiger partial charge in [-0.25, -0.2) is 4.79 Å². The first-order valence-corrected chi connectivity index (χ1v) is 6.01. The number of ether oxygens (including phenoxy) is 2. The average molecular weight is 244 g/mol. The van der Waals surface area contributed by atoms with E-state index in [0.717, 1.165) is 0 Å². The number of rotatable bonds is 2. The summed E-state index contributed by atoms with van der Waals surface area (Å²) in [7, 11) is 1.66. The summed E-state index contributed by atoms with van der Waals surface area (Å²) in [5.74, 6) is 0.174. The third-order valence-electron chi connectivity index (χ3n) is 3.04. The molecule has 1 amide bonds. The largest absolute Gasteiger partial charge is 0.444 e. The molecular weight excluding hydrogens is 220 g/mol. The number of carbonyl (C=O) groups excluding carboxylic acids is 1. The number of amides is 1. The number of likely N-dealkylation sites (tertiary alicyclic amines) is 1. The molecule has 5 nitrogen and oxygen atoms in total. The molecule has 1 aliphatic heterocycles. The molecule has 5 heteroatoms. The zero-order chi connectivity index (χ0) is 13.2. The average Bonchev–Trinajstić information content (AvgIpc) is 2.57. The van der Waals surface area contributed by atoms with Gasteiger partial charge in [0.05, 0.1) is 6.10 Å². The van der Waals surface area contributed by atoms with Gasteiger partial charge in [0.1, 0.15) is 5.60 Å². The number of methoxy groups -OCH3 is 1. The fourth-order valence-corrected chi connectivity index (χ4v) is 2.00. The lowest BCUT2D eigenvalue weighted by Gasteiger charge is -2.24. The number of nitrogens with zero attached hydrogens (tertiary/aromatic N) is 1. The van der Waals surface area contributed by atoms with Gasteiger partial charge in [-0.2, -0.15) is 0 Å². The molecule has 0 aromatic heterocycles. The van der Waals surface area contributed by atoms with Crippen molar-refractivity contribution in [2.24, 2.45) is 11.7 Å². The van der Waals surface area contributed by atoms with Crippen LogP contribution in [0.4, 0.5) is 4.79 Å². The lowest BCUT2D eigenvalue weighted by molar-refractivity contribution is 0.0253. The monoisotopic (exact) mass is 244 g/mol. The molecule has 0 aromatic rings. The standard InChI is InChI=1S/C12H24N2O3/c1-8(16-5)9-6-14(7-10(9)13)11(15)17-12(2,3)4/h8-10H,6-7,13H2,1-5H3. The van der Waals surface area contributed by atoms with Crippen molar-refractivity contribution in [2.45, 2.75) is 45.4 Å². The van der Waals surface area contributed by atoms with Gasteiger partial charge in [0, 0.05) is 32.2 Å². The van der Waals surface area contributed by atoms with Gasteiger partial charge in [-0.1, -0.05) is 0 Å².